The zero-order valence-corrected chi connectivity index (χ0v) is 8.59. The average molecular weight is 243 g/mol. The van der Waals surface area contributed by atoms with Crippen molar-refractivity contribution >= 4 is 17.4 Å². The van der Waals surface area contributed by atoms with Gasteiger partial charge in [0.25, 0.3) is 0 Å². The van der Waals surface area contributed by atoms with Crippen molar-refractivity contribution in [2.75, 3.05) is 0 Å². The summed E-state index contributed by atoms with van der Waals surface area (Å²) in [4.78, 5) is 11.7. The summed E-state index contributed by atoms with van der Waals surface area (Å²) in [6, 6.07) is 5.39. The number of benzene rings is 1. The molecule has 1 heterocycles. The Labute approximate surface area is 94.4 Å². The molecule has 0 saturated heterocycles. The lowest BCUT2D eigenvalue weighted by Gasteiger charge is -1.99. The van der Waals surface area contributed by atoms with Crippen LogP contribution in [0.3, 0.4) is 0 Å². The maximum absolute atomic E-state index is 13.3. The van der Waals surface area contributed by atoms with Gasteiger partial charge in [0.15, 0.2) is 11.0 Å². The molecule has 1 aromatic carbocycles. The van der Waals surface area contributed by atoms with Gasteiger partial charge < -0.3 is 4.42 Å². The number of carbonyl (C=O) groups excluding carboxylic acids is 1. The van der Waals surface area contributed by atoms with Crippen LogP contribution in [0.15, 0.2) is 34.7 Å². The van der Waals surface area contributed by atoms with Crippen LogP contribution in [0.2, 0.25) is 5.22 Å². The molecule has 2 rings (SSSR count). The Morgan fingerprint density at radius 1 is 1.19 bits per heavy atom. The average Bonchev–Trinajstić information content (AvgIpc) is 2.64. The molecule has 0 aliphatic heterocycles. The molecule has 0 bridgehead atoms. The maximum Gasteiger partial charge on any atom is 0.231 e. The monoisotopic (exact) mass is 242 g/mol. The Kier molecular flexibility index (Phi) is 2.75. The summed E-state index contributed by atoms with van der Waals surface area (Å²) < 4.78 is 30.7. The van der Waals surface area contributed by atoms with E-state index in [0.717, 1.165) is 12.1 Å². The second kappa shape index (κ2) is 4.06. The quantitative estimate of drug-likeness (QED) is 0.755. The van der Waals surface area contributed by atoms with Crippen LogP contribution in [0, 0.1) is 11.6 Å². The van der Waals surface area contributed by atoms with Crippen molar-refractivity contribution in [2.45, 2.75) is 0 Å². The number of ketones is 1. The summed E-state index contributed by atoms with van der Waals surface area (Å²) in [5.41, 5.74) is -0.257. The lowest BCUT2D eigenvalue weighted by atomic mass is 10.1. The van der Waals surface area contributed by atoms with E-state index < -0.39 is 17.4 Å². The Morgan fingerprint density at radius 2 is 1.94 bits per heavy atom. The van der Waals surface area contributed by atoms with Crippen LogP contribution in [0.1, 0.15) is 16.1 Å². The molecule has 1 aromatic heterocycles. The van der Waals surface area contributed by atoms with Gasteiger partial charge in [0.1, 0.15) is 11.6 Å². The molecule has 0 spiro atoms. The second-order valence-corrected chi connectivity index (χ2v) is 3.43. The first kappa shape index (κ1) is 10.8. The molecule has 2 aromatic rings. The lowest BCUT2D eigenvalue weighted by Crippen LogP contribution is -2.03. The molecule has 0 aliphatic carbocycles. The third-order valence-corrected chi connectivity index (χ3v) is 2.18. The van der Waals surface area contributed by atoms with E-state index in [1.807, 2.05) is 0 Å². The minimum atomic E-state index is -0.933. The summed E-state index contributed by atoms with van der Waals surface area (Å²) >= 11 is 5.48. The number of rotatable bonds is 2. The van der Waals surface area contributed by atoms with Gasteiger partial charge in [-0.05, 0) is 35.9 Å². The third-order valence-electron chi connectivity index (χ3n) is 1.97. The first-order chi connectivity index (χ1) is 7.58. The van der Waals surface area contributed by atoms with Crippen LogP contribution in [-0.4, -0.2) is 5.78 Å². The molecule has 82 valence electrons. The summed E-state index contributed by atoms with van der Waals surface area (Å²) in [5.74, 6) is -2.44. The number of halogens is 3. The summed E-state index contributed by atoms with van der Waals surface area (Å²) in [5, 5.41) is 0.0332. The highest BCUT2D eigenvalue weighted by atomic mass is 35.5. The molecule has 5 heteroatoms. The van der Waals surface area contributed by atoms with Crippen molar-refractivity contribution in [3.63, 3.8) is 0 Å². The van der Waals surface area contributed by atoms with Gasteiger partial charge in [-0.2, -0.15) is 0 Å². The van der Waals surface area contributed by atoms with Gasteiger partial charge in [0.05, 0.1) is 5.56 Å². The minimum Gasteiger partial charge on any atom is -0.441 e. The zero-order chi connectivity index (χ0) is 11.7. The predicted molar refractivity (Wildman–Crippen MR) is 53.5 cm³/mol. The molecule has 0 amide bonds. The van der Waals surface area contributed by atoms with E-state index in [1.165, 1.54) is 12.1 Å². The molecular formula is C11H5ClF2O2. The molecule has 0 saturated carbocycles. The fraction of sp³-hybridized carbons (Fsp3) is 0. The Bertz CT molecular complexity index is 549. The summed E-state index contributed by atoms with van der Waals surface area (Å²) in [6.45, 7) is 0. The van der Waals surface area contributed by atoms with Gasteiger partial charge in [0, 0.05) is 6.07 Å². The second-order valence-electron chi connectivity index (χ2n) is 3.06. The highest BCUT2D eigenvalue weighted by Gasteiger charge is 2.17. The largest absolute Gasteiger partial charge is 0.441 e. The van der Waals surface area contributed by atoms with E-state index in [9.17, 15) is 13.6 Å². The number of hydrogen-bond donors (Lipinski definition) is 0. The minimum absolute atomic E-state index is 0.0332. The first-order valence-electron chi connectivity index (χ1n) is 4.33. The van der Waals surface area contributed by atoms with E-state index in [4.69, 9.17) is 16.0 Å². The highest BCUT2D eigenvalue weighted by Crippen LogP contribution is 2.19. The van der Waals surface area contributed by atoms with Crippen molar-refractivity contribution in [3.05, 3.63) is 58.5 Å². The molecule has 0 N–H and O–H groups in total. The Balaban J connectivity index is 2.41. The number of carbonyl (C=O) groups is 1. The molecular weight excluding hydrogens is 238 g/mol. The normalized spacial score (nSPS) is 10.4. The van der Waals surface area contributed by atoms with Gasteiger partial charge in [-0.15, -0.1) is 0 Å². The first-order valence-corrected chi connectivity index (χ1v) is 4.71. The van der Waals surface area contributed by atoms with Crippen molar-refractivity contribution in [1.82, 2.24) is 0 Å². The molecule has 0 radical (unpaired) electrons. The maximum atomic E-state index is 13.3. The number of furan rings is 1. The SMILES string of the molecule is O=C(c1ccc(Cl)o1)c1ccc(F)cc1F. The molecule has 0 unspecified atom stereocenters. The van der Waals surface area contributed by atoms with Crippen molar-refractivity contribution in [3.8, 4) is 0 Å². The summed E-state index contributed by atoms with van der Waals surface area (Å²) in [6.07, 6.45) is 0. The van der Waals surface area contributed by atoms with Crippen LogP contribution in [0.4, 0.5) is 8.78 Å². The molecule has 2 nitrogen and oxygen atoms in total. The summed E-state index contributed by atoms with van der Waals surface area (Å²) in [7, 11) is 0. The molecule has 0 fully saturated rings. The van der Waals surface area contributed by atoms with Crippen LogP contribution in [-0.2, 0) is 0 Å². The van der Waals surface area contributed by atoms with Gasteiger partial charge in [0.2, 0.25) is 5.78 Å². The molecule has 16 heavy (non-hydrogen) atoms. The predicted octanol–water partition coefficient (Wildman–Crippen LogP) is 3.44. The van der Waals surface area contributed by atoms with Crippen LogP contribution >= 0.6 is 11.6 Å². The van der Waals surface area contributed by atoms with E-state index in [1.54, 1.807) is 0 Å². The van der Waals surface area contributed by atoms with E-state index >= 15 is 0 Å². The fourth-order valence-corrected chi connectivity index (χ4v) is 1.39. The van der Waals surface area contributed by atoms with Gasteiger partial charge in [-0.3, -0.25) is 4.79 Å². The fourth-order valence-electron chi connectivity index (χ4n) is 1.24. The van der Waals surface area contributed by atoms with Crippen molar-refractivity contribution < 1.29 is 18.0 Å². The number of hydrogen-bond acceptors (Lipinski definition) is 2. The Hall–Kier alpha value is -1.68. The van der Waals surface area contributed by atoms with Crippen LogP contribution in [0.25, 0.3) is 0 Å². The standard InChI is InChI=1S/C11H5ClF2O2/c12-10-4-3-9(16-10)11(15)7-2-1-6(13)5-8(7)14/h1-5H. The van der Waals surface area contributed by atoms with Gasteiger partial charge in [-0.25, -0.2) is 8.78 Å². The zero-order valence-electron chi connectivity index (χ0n) is 7.84. The van der Waals surface area contributed by atoms with Crippen LogP contribution in [0.5, 0.6) is 0 Å². The van der Waals surface area contributed by atoms with Crippen molar-refractivity contribution in [2.24, 2.45) is 0 Å². The lowest BCUT2D eigenvalue weighted by molar-refractivity contribution is 0.101. The molecule has 0 aliphatic rings. The van der Waals surface area contributed by atoms with Gasteiger partial charge in [-0.1, -0.05) is 0 Å². The molecule has 0 atom stereocenters. The van der Waals surface area contributed by atoms with E-state index in [2.05, 4.69) is 0 Å². The van der Waals surface area contributed by atoms with E-state index in [-0.39, 0.29) is 16.5 Å². The third kappa shape index (κ3) is 1.97. The van der Waals surface area contributed by atoms with Gasteiger partial charge >= 0.3 is 0 Å². The van der Waals surface area contributed by atoms with Crippen molar-refractivity contribution in [1.29, 1.82) is 0 Å². The van der Waals surface area contributed by atoms with Crippen LogP contribution < -0.4 is 0 Å². The Morgan fingerprint density at radius 3 is 2.50 bits per heavy atom. The van der Waals surface area contributed by atoms with E-state index in [0.29, 0.717) is 6.07 Å². The topological polar surface area (TPSA) is 30.2 Å². The smallest absolute Gasteiger partial charge is 0.231 e. The highest BCUT2D eigenvalue weighted by molar-refractivity contribution is 6.29.